The van der Waals surface area contributed by atoms with Gasteiger partial charge in [-0.3, -0.25) is 0 Å². The molecule has 2 atom stereocenters. The molecule has 0 saturated heterocycles. The number of benzene rings is 1. The highest BCUT2D eigenvalue weighted by molar-refractivity contribution is 5.57. The van der Waals surface area contributed by atoms with E-state index in [1.165, 1.54) is 6.07 Å². The quantitative estimate of drug-likeness (QED) is 0.795. The number of alkyl halides is 3. The number of nitrogens with one attached hydrogen (secondary N) is 1. The van der Waals surface area contributed by atoms with E-state index in [2.05, 4.69) is 5.32 Å². The summed E-state index contributed by atoms with van der Waals surface area (Å²) in [6.45, 7) is 2.03. The molecule has 0 bridgehead atoms. The van der Waals surface area contributed by atoms with Crippen molar-refractivity contribution in [2.45, 2.75) is 38.0 Å². The largest absolute Gasteiger partial charge is 0.416 e. The zero-order chi connectivity index (χ0) is 12.6. The third kappa shape index (κ3) is 2.39. The fourth-order valence-corrected chi connectivity index (χ4v) is 2.16. The van der Waals surface area contributed by atoms with Crippen LogP contribution >= 0.6 is 0 Å². The van der Waals surface area contributed by atoms with Crippen LogP contribution in [0.4, 0.5) is 18.9 Å². The van der Waals surface area contributed by atoms with Crippen molar-refractivity contribution in [1.82, 2.24) is 0 Å². The first kappa shape index (κ1) is 12.2. The van der Waals surface area contributed by atoms with E-state index in [4.69, 9.17) is 5.73 Å². The maximum absolute atomic E-state index is 12.6. The van der Waals surface area contributed by atoms with Crippen LogP contribution in [0.25, 0.3) is 0 Å². The van der Waals surface area contributed by atoms with Crippen LogP contribution in [0.5, 0.6) is 0 Å². The number of hydrogen-bond donors (Lipinski definition) is 2. The summed E-state index contributed by atoms with van der Waals surface area (Å²) >= 11 is 0. The second kappa shape index (κ2) is 4.22. The predicted octanol–water partition coefficient (Wildman–Crippen LogP) is 3.30. The topological polar surface area (TPSA) is 38.0 Å². The van der Waals surface area contributed by atoms with Gasteiger partial charge >= 0.3 is 6.18 Å². The van der Waals surface area contributed by atoms with Crippen LogP contribution in [0.2, 0.25) is 0 Å². The molecule has 1 aliphatic heterocycles. The monoisotopic (exact) mass is 244 g/mol. The van der Waals surface area contributed by atoms with Gasteiger partial charge < -0.3 is 11.1 Å². The van der Waals surface area contributed by atoms with Crippen LogP contribution < -0.4 is 11.1 Å². The van der Waals surface area contributed by atoms with E-state index in [9.17, 15) is 13.2 Å². The normalized spacial score (nSPS) is 24.1. The molecule has 1 aliphatic rings. The van der Waals surface area contributed by atoms with Gasteiger partial charge in [-0.25, -0.2) is 0 Å². The summed E-state index contributed by atoms with van der Waals surface area (Å²) in [6.07, 6.45) is -2.73. The van der Waals surface area contributed by atoms with E-state index >= 15 is 0 Å². The van der Waals surface area contributed by atoms with Crippen molar-refractivity contribution >= 4 is 5.69 Å². The van der Waals surface area contributed by atoms with Crippen molar-refractivity contribution in [3.05, 3.63) is 29.3 Å². The Kier molecular flexibility index (Phi) is 3.03. The highest BCUT2D eigenvalue weighted by Crippen LogP contribution is 2.37. The molecular weight excluding hydrogens is 229 g/mol. The third-order valence-corrected chi connectivity index (χ3v) is 3.17. The van der Waals surface area contributed by atoms with Gasteiger partial charge in [0.15, 0.2) is 0 Å². The minimum absolute atomic E-state index is 0.245. The summed E-state index contributed by atoms with van der Waals surface area (Å²) < 4.78 is 37.7. The highest BCUT2D eigenvalue weighted by atomic mass is 19.4. The molecule has 17 heavy (non-hydrogen) atoms. The molecule has 2 rings (SSSR count). The summed E-state index contributed by atoms with van der Waals surface area (Å²) in [5.41, 5.74) is 6.57. The molecule has 3 N–H and O–H groups in total. The first-order valence-electron chi connectivity index (χ1n) is 5.65. The first-order chi connectivity index (χ1) is 7.91. The standard InChI is InChI=1S/C12H15F3N2/c1-2-8-6-10(16)9-5-7(12(13,14)15)3-4-11(9)17-8/h3-5,8,10,17H,2,6,16H2,1H3/t8-,10+/m1/s1. The number of rotatable bonds is 1. The Bertz CT molecular complexity index is 415. The van der Waals surface area contributed by atoms with Crippen molar-refractivity contribution in [3.63, 3.8) is 0 Å². The summed E-state index contributed by atoms with van der Waals surface area (Å²) in [6, 6.07) is 3.64. The molecule has 94 valence electrons. The Hall–Kier alpha value is -1.23. The molecule has 0 saturated carbocycles. The zero-order valence-electron chi connectivity index (χ0n) is 9.51. The van der Waals surface area contributed by atoms with Crippen LogP contribution in [-0.2, 0) is 6.18 Å². The van der Waals surface area contributed by atoms with Gasteiger partial charge in [0, 0.05) is 17.8 Å². The van der Waals surface area contributed by atoms with Crippen molar-refractivity contribution < 1.29 is 13.2 Å². The number of hydrogen-bond acceptors (Lipinski definition) is 2. The maximum atomic E-state index is 12.6. The zero-order valence-corrected chi connectivity index (χ0v) is 9.51. The Balaban J connectivity index is 2.37. The van der Waals surface area contributed by atoms with Crippen molar-refractivity contribution in [2.75, 3.05) is 5.32 Å². The van der Waals surface area contributed by atoms with Crippen LogP contribution in [0.3, 0.4) is 0 Å². The molecule has 0 spiro atoms. The van der Waals surface area contributed by atoms with Crippen molar-refractivity contribution in [2.24, 2.45) is 5.73 Å². The molecule has 0 aromatic heterocycles. The summed E-state index contributed by atoms with van der Waals surface area (Å²) in [5, 5.41) is 3.21. The van der Waals surface area contributed by atoms with Gasteiger partial charge in [0.05, 0.1) is 5.56 Å². The Morgan fingerprint density at radius 1 is 1.41 bits per heavy atom. The highest BCUT2D eigenvalue weighted by Gasteiger charge is 2.32. The molecule has 0 unspecified atom stereocenters. The Labute approximate surface area is 98.0 Å². The lowest BCUT2D eigenvalue weighted by atomic mass is 9.91. The lowest BCUT2D eigenvalue weighted by molar-refractivity contribution is -0.137. The van der Waals surface area contributed by atoms with E-state index in [1.54, 1.807) is 0 Å². The molecule has 1 aromatic carbocycles. The van der Waals surface area contributed by atoms with Gasteiger partial charge in [-0.1, -0.05) is 6.92 Å². The molecular formula is C12H15F3N2. The average molecular weight is 244 g/mol. The summed E-state index contributed by atoms with van der Waals surface area (Å²) in [7, 11) is 0. The van der Waals surface area contributed by atoms with Gasteiger partial charge in [-0.05, 0) is 36.6 Å². The summed E-state index contributed by atoms with van der Waals surface area (Å²) in [5.74, 6) is 0. The fraction of sp³-hybridized carbons (Fsp3) is 0.500. The van der Waals surface area contributed by atoms with Gasteiger partial charge in [0.25, 0.3) is 0 Å². The van der Waals surface area contributed by atoms with Crippen molar-refractivity contribution in [3.8, 4) is 0 Å². The molecule has 0 fully saturated rings. The number of fused-ring (bicyclic) bond motifs is 1. The summed E-state index contributed by atoms with van der Waals surface area (Å²) in [4.78, 5) is 0. The molecule has 2 nitrogen and oxygen atoms in total. The van der Waals surface area contributed by atoms with Gasteiger partial charge in [0.2, 0.25) is 0 Å². The molecule has 0 radical (unpaired) electrons. The first-order valence-corrected chi connectivity index (χ1v) is 5.65. The van der Waals surface area contributed by atoms with Gasteiger partial charge in [-0.2, -0.15) is 13.2 Å². The minimum Gasteiger partial charge on any atom is -0.382 e. The van der Waals surface area contributed by atoms with E-state index in [-0.39, 0.29) is 12.1 Å². The van der Waals surface area contributed by atoms with Gasteiger partial charge in [0.1, 0.15) is 0 Å². The van der Waals surface area contributed by atoms with Crippen LogP contribution in [-0.4, -0.2) is 6.04 Å². The third-order valence-electron chi connectivity index (χ3n) is 3.17. The lowest BCUT2D eigenvalue weighted by Gasteiger charge is -2.31. The van der Waals surface area contributed by atoms with E-state index in [1.807, 2.05) is 6.92 Å². The van der Waals surface area contributed by atoms with Crippen LogP contribution in [0.15, 0.2) is 18.2 Å². The van der Waals surface area contributed by atoms with E-state index in [0.29, 0.717) is 12.0 Å². The molecule has 0 aliphatic carbocycles. The van der Waals surface area contributed by atoms with E-state index in [0.717, 1.165) is 24.2 Å². The molecule has 1 aromatic rings. The van der Waals surface area contributed by atoms with Crippen molar-refractivity contribution in [1.29, 1.82) is 0 Å². The van der Waals surface area contributed by atoms with Crippen LogP contribution in [0.1, 0.15) is 36.9 Å². The minimum atomic E-state index is -4.31. The predicted molar refractivity (Wildman–Crippen MR) is 60.7 cm³/mol. The maximum Gasteiger partial charge on any atom is 0.416 e. The Morgan fingerprint density at radius 3 is 2.71 bits per heavy atom. The smallest absolute Gasteiger partial charge is 0.382 e. The molecule has 0 amide bonds. The lowest BCUT2D eigenvalue weighted by Crippen LogP contribution is -2.31. The number of anilines is 1. The number of halogens is 3. The number of nitrogens with two attached hydrogens (primary N) is 1. The second-order valence-electron chi connectivity index (χ2n) is 4.39. The second-order valence-corrected chi connectivity index (χ2v) is 4.39. The fourth-order valence-electron chi connectivity index (χ4n) is 2.16. The SMILES string of the molecule is CC[C@@H]1C[C@H](N)c2cc(C(F)(F)F)ccc2N1. The molecule has 5 heteroatoms. The Morgan fingerprint density at radius 2 is 2.12 bits per heavy atom. The van der Waals surface area contributed by atoms with Gasteiger partial charge in [-0.15, -0.1) is 0 Å². The van der Waals surface area contributed by atoms with E-state index < -0.39 is 11.7 Å². The molecule has 1 heterocycles. The van der Waals surface area contributed by atoms with Crippen LogP contribution in [0, 0.1) is 0 Å². The average Bonchev–Trinajstić information content (AvgIpc) is 2.27.